The van der Waals surface area contributed by atoms with Gasteiger partial charge in [-0.2, -0.15) is 22.0 Å². The Bertz CT molecular complexity index is 318. The molecule has 0 saturated heterocycles. The third kappa shape index (κ3) is 7.33. The van der Waals surface area contributed by atoms with E-state index in [1.807, 2.05) is 13.8 Å². The molecule has 1 atom stereocenters. The number of halogens is 5. The van der Waals surface area contributed by atoms with Crippen molar-refractivity contribution in [2.45, 2.75) is 57.4 Å². The van der Waals surface area contributed by atoms with Gasteiger partial charge in [-0.25, -0.2) is 0 Å². The van der Waals surface area contributed by atoms with Crippen LogP contribution in [-0.2, 0) is 9.53 Å². The Balaban J connectivity index is 4.10. The Morgan fingerprint density at radius 1 is 1.14 bits per heavy atom. The molecule has 0 aliphatic carbocycles. The number of alkyl halides is 5. The molecule has 0 spiro atoms. The molecule has 0 aromatic rings. The molecule has 0 rings (SSSR count). The van der Waals surface area contributed by atoms with Gasteiger partial charge in [-0.3, -0.25) is 4.79 Å². The van der Waals surface area contributed by atoms with Gasteiger partial charge >= 0.3 is 18.1 Å². The summed E-state index contributed by atoms with van der Waals surface area (Å²) in [6.07, 6.45) is -6.76. The molecule has 8 heteroatoms. The fourth-order valence-electron chi connectivity index (χ4n) is 1.56. The molecule has 2 nitrogen and oxygen atoms in total. The molecule has 0 heterocycles. The SMILES string of the molecule is CCOC(=O)C(SCCCCC(F)(F)C(F)(F)F)C(C)C. The second kappa shape index (κ2) is 8.80. The predicted octanol–water partition coefficient (Wildman–Crippen LogP) is 4.68. The highest BCUT2D eigenvalue weighted by atomic mass is 32.2. The van der Waals surface area contributed by atoms with Crippen LogP contribution in [-0.4, -0.2) is 35.7 Å². The standard InChI is InChI=1S/C13H21F5O2S/c1-4-20-11(19)10(9(2)3)21-8-6-5-7-12(14,15)13(16,17)18/h9-10H,4-8H2,1-3H3. The molecule has 0 amide bonds. The monoisotopic (exact) mass is 336 g/mol. The zero-order valence-corrected chi connectivity index (χ0v) is 13.1. The number of esters is 1. The van der Waals surface area contributed by atoms with Crippen molar-refractivity contribution in [3.8, 4) is 0 Å². The van der Waals surface area contributed by atoms with E-state index in [2.05, 4.69) is 0 Å². The lowest BCUT2D eigenvalue weighted by atomic mass is 10.1. The number of hydrogen-bond donors (Lipinski definition) is 0. The minimum Gasteiger partial charge on any atom is -0.465 e. The van der Waals surface area contributed by atoms with Gasteiger partial charge in [0.05, 0.1) is 6.61 Å². The normalized spacial score (nSPS) is 14.3. The van der Waals surface area contributed by atoms with Crippen molar-refractivity contribution in [3.05, 3.63) is 0 Å². The first kappa shape index (κ1) is 20.5. The number of unbranched alkanes of at least 4 members (excludes halogenated alkanes) is 1. The fraction of sp³-hybridized carbons (Fsp3) is 0.923. The molecule has 0 aromatic carbocycles. The third-order valence-corrected chi connectivity index (χ3v) is 4.34. The van der Waals surface area contributed by atoms with Crippen molar-refractivity contribution in [1.29, 1.82) is 0 Å². The molecule has 0 aromatic heterocycles. The van der Waals surface area contributed by atoms with Crippen molar-refractivity contribution in [2.24, 2.45) is 5.92 Å². The number of carbonyl (C=O) groups excluding carboxylic acids is 1. The molecule has 21 heavy (non-hydrogen) atoms. The zero-order chi connectivity index (χ0) is 16.7. The summed E-state index contributed by atoms with van der Waals surface area (Å²) in [6.45, 7) is 5.58. The van der Waals surface area contributed by atoms with E-state index in [0.717, 1.165) is 0 Å². The van der Waals surface area contributed by atoms with Gasteiger partial charge in [-0.05, 0) is 31.4 Å². The summed E-state index contributed by atoms with van der Waals surface area (Å²) in [5, 5.41) is -0.423. The molecular weight excluding hydrogens is 315 g/mol. The first-order valence-corrected chi connectivity index (χ1v) is 7.80. The summed E-state index contributed by atoms with van der Waals surface area (Å²) >= 11 is 1.24. The van der Waals surface area contributed by atoms with E-state index in [1.54, 1.807) is 6.92 Å². The second-order valence-electron chi connectivity index (χ2n) is 4.95. The molecule has 0 bridgehead atoms. The van der Waals surface area contributed by atoms with Crippen LogP contribution in [0.1, 0.15) is 40.0 Å². The largest absolute Gasteiger partial charge is 0.465 e. The highest BCUT2D eigenvalue weighted by molar-refractivity contribution is 8.00. The average Bonchev–Trinajstić information content (AvgIpc) is 2.31. The second-order valence-corrected chi connectivity index (χ2v) is 6.20. The molecule has 0 saturated carbocycles. The maximum atomic E-state index is 12.7. The van der Waals surface area contributed by atoms with Gasteiger partial charge < -0.3 is 4.74 Å². The van der Waals surface area contributed by atoms with Gasteiger partial charge in [-0.15, -0.1) is 11.8 Å². The number of ether oxygens (including phenoxy) is 1. The van der Waals surface area contributed by atoms with E-state index in [0.29, 0.717) is 5.75 Å². The first-order valence-electron chi connectivity index (χ1n) is 6.75. The van der Waals surface area contributed by atoms with E-state index in [1.165, 1.54) is 11.8 Å². The van der Waals surface area contributed by atoms with Gasteiger partial charge in [0.15, 0.2) is 0 Å². The molecule has 0 aliphatic rings. The third-order valence-electron chi connectivity index (χ3n) is 2.72. The Morgan fingerprint density at radius 2 is 1.71 bits per heavy atom. The van der Waals surface area contributed by atoms with Crippen LogP contribution in [0.3, 0.4) is 0 Å². The smallest absolute Gasteiger partial charge is 0.453 e. The van der Waals surface area contributed by atoms with Gasteiger partial charge in [0.1, 0.15) is 5.25 Å². The van der Waals surface area contributed by atoms with E-state index in [4.69, 9.17) is 4.74 Å². The van der Waals surface area contributed by atoms with Crippen LogP contribution in [0, 0.1) is 5.92 Å². The van der Waals surface area contributed by atoms with Crippen LogP contribution in [0.4, 0.5) is 22.0 Å². The minimum absolute atomic E-state index is 0.00525. The highest BCUT2D eigenvalue weighted by Crippen LogP contribution is 2.39. The molecule has 126 valence electrons. The summed E-state index contributed by atoms with van der Waals surface area (Å²) in [5.41, 5.74) is 0. The zero-order valence-electron chi connectivity index (χ0n) is 12.3. The van der Waals surface area contributed by atoms with Gasteiger partial charge in [0, 0.05) is 6.42 Å². The van der Waals surface area contributed by atoms with Crippen LogP contribution < -0.4 is 0 Å². The minimum atomic E-state index is -5.49. The van der Waals surface area contributed by atoms with Crippen LogP contribution in [0.2, 0.25) is 0 Å². The predicted molar refractivity (Wildman–Crippen MR) is 72.6 cm³/mol. The van der Waals surface area contributed by atoms with Crippen molar-refractivity contribution in [1.82, 2.24) is 0 Å². The Labute approximate surface area is 125 Å². The van der Waals surface area contributed by atoms with Crippen molar-refractivity contribution in [3.63, 3.8) is 0 Å². The van der Waals surface area contributed by atoms with E-state index >= 15 is 0 Å². The number of thioether (sulfide) groups is 1. The molecule has 0 radical (unpaired) electrons. The van der Waals surface area contributed by atoms with Crippen LogP contribution in [0.25, 0.3) is 0 Å². The van der Waals surface area contributed by atoms with E-state index in [-0.39, 0.29) is 31.3 Å². The fourth-order valence-corrected chi connectivity index (χ4v) is 2.77. The first-order chi connectivity index (χ1) is 9.53. The topological polar surface area (TPSA) is 26.3 Å². The lowest BCUT2D eigenvalue weighted by Gasteiger charge is -2.20. The summed E-state index contributed by atoms with van der Waals surface area (Å²) in [7, 11) is 0. The summed E-state index contributed by atoms with van der Waals surface area (Å²) < 4.78 is 66.1. The number of rotatable bonds is 9. The molecular formula is C13H21F5O2S. The highest BCUT2D eigenvalue weighted by Gasteiger charge is 2.56. The molecule has 1 unspecified atom stereocenters. The Morgan fingerprint density at radius 3 is 2.14 bits per heavy atom. The van der Waals surface area contributed by atoms with Gasteiger partial charge in [-0.1, -0.05) is 13.8 Å². The van der Waals surface area contributed by atoms with Crippen molar-refractivity contribution < 1.29 is 31.5 Å². The van der Waals surface area contributed by atoms with Crippen molar-refractivity contribution in [2.75, 3.05) is 12.4 Å². The van der Waals surface area contributed by atoms with Crippen LogP contribution in [0.5, 0.6) is 0 Å². The van der Waals surface area contributed by atoms with E-state index in [9.17, 15) is 26.7 Å². The van der Waals surface area contributed by atoms with E-state index < -0.39 is 23.8 Å². The van der Waals surface area contributed by atoms with Crippen molar-refractivity contribution >= 4 is 17.7 Å². The Hall–Kier alpha value is -0.530. The number of carbonyl (C=O) groups is 1. The maximum Gasteiger partial charge on any atom is 0.453 e. The van der Waals surface area contributed by atoms with Crippen LogP contribution in [0.15, 0.2) is 0 Å². The lowest BCUT2D eigenvalue weighted by molar-refractivity contribution is -0.284. The number of hydrogen-bond acceptors (Lipinski definition) is 3. The summed E-state index contributed by atoms with van der Waals surface area (Å²) in [4.78, 5) is 11.6. The lowest BCUT2D eigenvalue weighted by Crippen LogP contribution is -2.36. The van der Waals surface area contributed by atoms with Gasteiger partial charge in [0.2, 0.25) is 0 Å². The maximum absolute atomic E-state index is 12.7. The summed E-state index contributed by atoms with van der Waals surface area (Å²) in [5.74, 6) is -4.67. The van der Waals surface area contributed by atoms with Crippen LogP contribution >= 0.6 is 11.8 Å². The molecule has 0 aliphatic heterocycles. The Kier molecular flexibility index (Phi) is 8.58. The average molecular weight is 336 g/mol. The van der Waals surface area contributed by atoms with Gasteiger partial charge in [0.25, 0.3) is 0 Å². The quantitative estimate of drug-likeness (QED) is 0.347. The molecule has 0 N–H and O–H groups in total. The summed E-state index contributed by atoms with van der Waals surface area (Å²) in [6, 6.07) is 0. The molecule has 0 fully saturated rings.